The fourth-order valence-electron chi connectivity index (χ4n) is 1.18. The van der Waals surface area contributed by atoms with Gasteiger partial charge in [0.1, 0.15) is 6.61 Å². The molecule has 3 heteroatoms. The van der Waals surface area contributed by atoms with Crippen molar-refractivity contribution in [3.05, 3.63) is 36.0 Å². The van der Waals surface area contributed by atoms with Crippen molar-refractivity contribution >= 4 is 6.09 Å². The molecule has 0 atom stereocenters. The third-order valence-electron chi connectivity index (χ3n) is 2.12. The SMILES string of the molecule is C=CCOC(=O)NC/C=C(\C)CCC=C(C)C. The molecule has 0 aliphatic carbocycles. The van der Waals surface area contributed by atoms with Crippen LogP contribution in [0.4, 0.5) is 4.79 Å². The summed E-state index contributed by atoms with van der Waals surface area (Å²) in [6.07, 6.45) is 7.43. The predicted octanol–water partition coefficient (Wildman–Crippen LogP) is 3.59. The molecule has 0 radical (unpaired) electrons. The molecule has 0 aromatic rings. The summed E-state index contributed by atoms with van der Waals surface area (Å²) < 4.78 is 4.78. The first-order chi connectivity index (χ1) is 8.06. The van der Waals surface area contributed by atoms with Crippen LogP contribution in [-0.2, 0) is 4.74 Å². The highest BCUT2D eigenvalue weighted by molar-refractivity contribution is 5.67. The van der Waals surface area contributed by atoms with Crippen LogP contribution >= 0.6 is 0 Å². The lowest BCUT2D eigenvalue weighted by atomic mass is 10.1. The van der Waals surface area contributed by atoms with Gasteiger partial charge in [-0.25, -0.2) is 4.79 Å². The molecule has 0 fully saturated rings. The molecule has 0 aliphatic heterocycles. The summed E-state index contributed by atoms with van der Waals surface area (Å²) in [6, 6.07) is 0. The van der Waals surface area contributed by atoms with Crippen molar-refractivity contribution in [2.45, 2.75) is 33.6 Å². The van der Waals surface area contributed by atoms with Gasteiger partial charge >= 0.3 is 6.09 Å². The maximum atomic E-state index is 11.1. The van der Waals surface area contributed by atoms with Crippen LogP contribution < -0.4 is 5.32 Å². The van der Waals surface area contributed by atoms with E-state index in [0.717, 1.165) is 12.8 Å². The number of alkyl carbamates (subject to hydrolysis) is 1. The molecule has 0 unspecified atom stereocenters. The molecule has 0 saturated heterocycles. The monoisotopic (exact) mass is 237 g/mol. The Kier molecular flexibility index (Phi) is 8.84. The lowest BCUT2D eigenvalue weighted by Crippen LogP contribution is -2.24. The molecule has 0 spiro atoms. The van der Waals surface area contributed by atoms with Crippen LogP contribution in [0.3, 0.4) is 0 Å². The van der Waals surface area contributed by atoms with E-state index in [1.807, 2.05) is 6.08 Å². The Bertz CT molecular complexity index is 299. The lowest BCUT2D eigenvalue weighted by Gasteiger charge is -2.03. The van der Waals surface area contributed by atoms with E-state index in [1.54, 1.807) is 6.08 Å². The van der Waals surface area contributed by atoms with Crippen molar-refractivity contribution in [1.29, 1.82) is 0 Å². The zero-order valence-corrected chi connectivity index (χ0v) is 11.1. The number of nitrogens with one attached hydrogen (secondary N) is 1. The number of hydrogen-bond donors (Lipinski definition) is 1. The topological polar surface area (TPSA) is 38.3 Å². The van der Waals surface area contributed by atoms with Gasteiger partial charge in [0.15, 0.2) is 0 Å². The first kappa shape index (κ1) is 15.5. The summed E-state index contributed by atoms with van der Waals surface area (Å²) in [5.41, 5.74) is 2.61. The molecule has 0 aromatic carbocycles. The van der Waals surface area contributed by atoms with Crippen LogP contribution in [0.2, 0.25) is 0 Å². The fraction of sp³-hybridized carbons (Fsp3) is 0.500. The number of rotatable bonds is 7. The van der Waals surface area contributed by atoms with Crippen LogP contribution in [0, 0.1) is 0 Å². The average molecular weight is 237 g/mol. The minimum atomic E-state index is -0.404. The van der Waals surface area contributed by atoms with Gasteiger partial charge in [-0.1, -0.05) is 36.0 Å². The largest absolute Gasteiger partial charge is 0.445 e. The van der Waals surface area contributed by atoms with Crippen LogP contribution in [0.5, 0.6) is 0 Å². The summed E-state index contributed by atoms with van der Waals surface area (Å²) in [5.74, 6) is 0. The first-order valence-corrected chi connectivity index (χ1v) is 5.86. The minimum Gasteiger partial charge on any atom is -0.445 e. The van der Waals surface area contributed by atoms with Crippen LogP contribution in [-0.4, -0.2) is 19.2 Å². The molecule has 0 heterocycles. The second kappa shape index (κ2) is 9.70. The molecule has 1 amide bonds. The maximum absolute atomic E-state index is 11.1. The van der Waals surface area contributed by atoms with Crippen molar-refractivity contribution in [3.8, 4) is 0 Å². The lowest BCUT2D eigenvalue weighted by molar-refractivity contribution is 0.159. The quantitative estimate of drug-likeness (QED) is 0.687. The third kappa shape index (κ3) is 10.8. The van der Waals surface area contributed by atoms with Crippen LogP contribution in [0.1, 0.15) is 33.6 Å². The van der Waals surface area contributed by atoms with E-state index < -0.39 is 6.09 Å². The number of carbonyl (C=O) groups is 1. The predicted molar refractivity (Wildman–Crippen MR) is 72.0 cm³/mol. The zero-order chi connectivity index (χ0) is 13.1. The van der Waals surface area contributed by atoms with E-state index in [2.05, 4.69) is 38.7 Å². The first-order valence-electron chi connectivity index (χ1n) is 5.86. The summed E-state index contributed by atoms with van der Waals surface area (Å²) in [5, 5.41) is 2.65. The van der Waals surface area contributed by atoms with E-state index in [9.17, 15) is 4.79 Å². The van der Waals surface area contributed by atoms with Crippen molar-refractivity contribution in [2.24, 2.45) is 0 Å². The highest BCUT2D eigenvalue weighted by atomic mass is 16.5. The number of hydrogen-bond acceptors (Lipinski definition) is 2. The number of carbonyl (C=O) groups excluding carboxylic acids is 1. The molecular formula is C14H23NO2. The highest BCUT2D eigenvalue weighted by Gasteiger charge is 1.97. The molecule has 17 heavy (non-hydrogen) atoms. The number of amides is 1. The Morgan fingerprint density at radius 3 is 2.59 bits per heavy atom. The van der Waals surface area contributed by atoms with Gasteiger partial charge < -0.3 is 10.1 Å². The molecule has 96 valence electrons. The summed E-state index contributed by atoms with van der Waals surface area (Å²) in [4.78, 5) is 11.1. The molecule has 0 aromatic heterocycles. The summed E-state index contributed by atoms with van der Waals surface area (Å²) >= 11 is 0. The zero-order valence-electron chi connectivity index (χ0n) is 11.1. The van der Waals surface area contributed by atoms with Gasteiger partial charge in [0.25, 0.3) is 0 Å². The van der Waals surface area contributed by atoms with Gasteiger partial charge in [-0.2, -0.15) is 0 Å². The van der Waals surface area contributed by atoms with Crippen LogP contribution in [0.15, 0.2) is 36.0 Å². The van der Waals surface area contributed by atoms with Gasteiger partial charge in [0.2, 0.25) is 0 Å². The van der Waals surface area contributed by atoms with Gasteiger partial charge in [0.05, 0.1) is 0 Å². The van der Waals surface area contributed by atoms with E-state index in [4.69, 9.17) is 4.74 Å². The Balaban J connectivity index is 3.72. The maximum Gasteiger partial charge on any atom is 0.407 e. The summed E-state index contributed by atoms with van der Waals surface area (Å²) in [6.45, 7) is 10.5. The smallest absolute Gasteiger partial charge is 0.407 e. The molecule has 0 rings (SSSR count). The van der Waals surface area contributed by atoms with E-state index in [0.29, 0.717) is 6.54 Å². The van der Waals surface area contributed by atoms with Crippen LogP contribution in [0.25, 0.3) is 0 Å². The Morgan fingerprint density at radius 1 is 1.29 bits per heavy atom. The molecule has 0 bridgehead atoms. The van der Waals surface area contributed by atoms with Crippen molar-refractivity contribution in [1.82, 2.24) is 5.32 Å². The standard InChI is InChI=1S/C14H23NO2/c1-5-11-17-14(16)15-10-9-13(4)8-6-7-12(2)3/h5,7,9H,1,6,8,10-11H2,2-4H3,(H,15,16)/b13-9+. The second-order valence-electron chi connectivity index (χ2n) is 4.14. The fourth-order valence-corrected chi connectivity index (χ4v) is 1.18. The van der Waals surface area contributed by atoms with Crippen molar-refractivity contribution < 1.29 is 9.53 Å². The van der Waals surface area contributed by atoms with Gasteiger partial charge in [-0.05, 0) is 33.6 Å². The summed E-state index contributed by atoms with van der Waals surface area (Å²) in [7, 11) is 0. The van der Waals surface area contributed by atoms with Gasteiger partial charge in [-0.3, -0.25) is 0 Å². The Hall–Kier alpha value is -1.51. The molecule has 0 saturated carbocycles. The van der Waals surface area contributed by atoms with Crippen molar-refractivity contribution in [2.75, 3.05) is 13.2 Å². The minimum absolute atomic E-state index is 0.245. The average Bonchev–Trinajstić information content (AvgIpc) is 2.25. The Labute approximate surface area is 104 Å². The normalized spacial score (nSPS) is 10.6. The molecule has 1 N–H and O–H groups in total. The van der Waals surface area contributed by atoms with E-state index in [-0.39, 0.29) is 6.61 Å². The third-order valence-corrected chi connectivity index (χ3v) is 2.12. The van der Waals surface area contributed by atoms with E-state index in [1.165, 1.54) is 11.1 Å². The van der Waals surface area contributed by atoms with E-state index >= 15 is 0 Å². The van der Waals surface area contributed by atoms with Gasteiger partial charge in [-0.15, -0.1) is 0 Å². The highest BCUT2D eigenvalue weighted by Crippen LogP contribution is 2.05. The number of allylic oxidation sites excluding steroid dienone is 3. The second-order valence-corrected chi connectivity index (χ2v) is 4.14. The molecular weight excluding hydrogens is 214 g/mol. The van der Waals surface area contributed by atoms with Gasteiger partial charge in [0, 0.05) is 6.54 Å². The molecule has 3 nitrogen and oxygen atoms in total. The number of ether oxygens (including phenoxy) is 1. The Morgan fingerprint density at radius 2 is 2.00 bits per heavy atom. The van der Waals surface area contributed by atoms with Crippen molar-refractivity contribution in [3.63, 3.8) is 0 Å². The molecule has 0 aliphatic rings.